The third kappa shape index (κ3) is 9.41. The molecule has 0 fully saturated rings. The van der Waals surface area contributed by atoms with Gasteiger partial charge in [0.05, 0.1) is 12.6 Å². The van der Waals surface area contributed by atoms with Crippen molar-refractivity contribution in [1.82, 2.24) is 5.32 Å². The molecule has 0 aromatic heterocycles. The molecule has 0 bridgehead atoms. The molecular weight excluding hydrogens is 140 g/mol. The highest BCUT2D eigenvalue weighted by Crippen LogP contribution is 1.83. The predicted octanol–water partition coefficient (Wildman–Crippen LogP) is 0.916. The molecule has 0 rings (SSSR count). The van der Waals surface area contributed by atoms with E-state index in [1.807, 2.05) is 6.07 Å². The maximum absolute atomic E-state index is 8.16. The molecule has 11 heavy (non-hydrogen) atoms. The van der Waals surface area contributed by atoms with Crippen LogP contribution in [0.4, 0.5) is 0 Å². The first-order chi connectivity index (χ1) is 5.41. The Bertz CT molecular complexity index is 109. The summed E-state index contributed by atoms with van der Waals surface area (Å²) < 4.78 is 5.24. The molecule has 0 aliphatic rings. The number of nitriles is 1. The van der Waals surface area contributed by atoms with E-state index in [0.29, 0.717) is 6.54 Å². The highest BCUT2D eigenvalue weighted by molar-refractivity contribution is 4.72. The number of hydrogen-bond acceptors (Lipinski definition) is 3. The topological polar surface area (TPSA) is 45.0 Å². The zero-order valence-electron chi connectivity index (χ0n) is 7.10. The van der Waals surface area contributed by atoms with Crippen molar-refractivity contribution >= 4 is 0 Å². The fourth-order valence-electron chi connectivity index (χ4n) is 0.690. The predicted molar refractivity (Wildman–Crippen MR) is 44.2 cm³/mol. The van der Waals surface area contributed by atoms with E-state index in [9.17, 15) is 0 Å². The fraction of sp³-hybridized carbons (Fsp3) is 0.875. The molecule has 0 aromatic rings. The van der Waals surface area contributed by atoms with Crippen molar-refractivity contribution in [3.63, 3.8) is 0 Å². The van der Waals surface area contributed by atoms with Gasteiger partial charge in [0.2, 0.25) is 0 Å². The number of nitrogens with one attached hydrogen (secondary N) is 1. The summed E-state index contributed by atoms with van der Waals surface area (Å²) >= 11 is 0. The van der Waals surface area contributed by atoms with Crippen molar-refractivity contribution in [2.45, 2.75) is 19.8 Å². The zero-order chi connectivity index (χ0) is 8.36. The summed E-state index contributed by atoms with van der Waals surface area (Å²) in [6.45, 7) is 5.05. The van der Waals surface area contributed by atoms with Crippen molar-refractivity contribution < 1.29 is 4.74 Å². The normalized spacial score (nSPS) is 9.45. The van der Waals surface area contributed by atoms with Crippen LogP contribution in [0.2, 0.25) is 0 Å². The number of hydrogen-bond donors (Lipinski definition) is 1. The van der Waals surface area contributed by atoms with Crippen molar-refractivity contribution in [1.29, 1.82) is 5.26 Å². The first-order valence-electron chi connectivity index (χ1n) is 4.07. The number of ether oxygens (including phenoxy) is 1. The molecule has 0 aliphatic carbocycles. The molecule has 3 nitrogen and oxygen atoms in total. The van der Waals surface area contributed by atoms with Crippen LogP contribution in [0.1, 0.15) is 19.8 Å². The van der Waals surface area contributed by atoms with Crippen LogP contribution in [-0.4, -0.2) is 26.3 Å². The van der Waals surface area contributed by atoms with Crippen LogP contribution in [0.3, 0.4) is 0 Å². The van der Waals surface area contributed by atoms with E-state index in [2.05, 4.69) is 12.2 Å². The molecule has 0 saturated heterocycles. The number of nitrogens with zero attached hydrogens (tertiary/aromatic N) is 1. The molecule has 0 radical (unpaired) electrons. The molecule has 0 aliphatic heterocycles. The molecule has 0 spiro atoms. The van der Waals surface area contributed by atoms with Crippen molar-refractivity contribution in [3.8, 4) is 6.07 Å². The summed E-state index contributed by atoms with van der Waals surface area (Å²) in [4.78, 5) is 0. The first kappa shape index (κ1) is 10.4. The Labute approximate surface area is 68.3 Å². The molecular formula is C8H16N2O. The van der Waals surface area contributed by atoms with E-state index >= 15 is 0 Å². The van der Waals surface area contributed by atoms with Gasteiger partial charge < -0.3 is 10.1 Å². The Kier molecular flexibility index (Phi) is 8.91. The summed E-state index contributed by atoms with van der Waals surface area (Å²) in [7, 11) is 0. The Morgan fingerprint density at radius 1 is 1.45 bits per heavy atom. The van der Waals surface area contributed by atoms with E-state index in [4.69, 9.17) is 10.00 Å². The third-order valence-corrected chi connectivity index (χ3v) is 1.19. The van der Waals surface area contributed by atoms with Crippen LogP contribution >= 0.6 is 0 Å². The van der Waals surface area contributed by atoms with Crippen molar-refractivity contribution in [2.75, 3.05) is 26.3 Å². The second kappa shape index (κ2) is 9.41. The van der Waals surface area contributed by atoms with Crippen LogP contribution in [-0.2, 0) is 4.74 Å². The Hall–Kier alpha value is -0.590. The molecule has 64 valence electrons. The summed E-state index contributed by atoms with van der Waals surface area (Å²) in [5, 5.41) is 11.1. The number of rotatable bonds is 7. The van der Waals surface area contributed by atoms with Gasteiger partial charge in [-0.15, -0.1) is 0 Å². The van der Waals surface area contributed by atoms with Gasteiger partial charge >= 0.3 is 0 Å². The van der Waals surface area contributed by atoms with Gasteiger partial charge in [-0.2, -0.15) is 5.26 Å². The van der Waals surface area contributed by atoms with Gasteiger partial charge in [0, 0.05) is 13.2 Å². The van der Waals surface area contributed by atoms with Gasteiger partial charge in [-0.1, -0.05) is 6.92 Å². The van der Waals surface area contributed by atoms with E-state index in [1.54, 1.807) is 0 Å². The molecule has 0 amide bonds. The summed E-state index contributed by atoms with van der Waals surface area (Å²) in [5.41, 5.74) is 0. The van der Waals surface area contributed by atoms with E-state index in [0.717, 1.165) is 32.6 Å². The monoisotopic (exact) mass is 156 g/mol. The summed E-state index contributed by atoms with van der Waals surface area (Å²) in [5.74, 6) is 0. The Morgan fingerprint density at radius 2 is 2.27 bits per heavy atom. The zero-order valence-corrected chi connectivity index (χ0v) is 7.10. The lowest BCUT2D eigenvalue weighted by Gasteiger charge is -2.01. The molecule has 0 atom stereocenters. The molecule has 0 unspecified atom stereocenters. The average Bonchev–Trinajstić information content (AvgIpc) is 2.03. The van der Waals surface area contributed by atoms with Gasteiger partial charge in [0.15, 0.2) is 0 Å². The maximum atomic E-state index is 8.16. The van der Waals surface area contributed by atoms with Crippen LogP contribution in [0.25, 0.3) is 0 Å². The van der Waals surface area contributed by atoms with Crippen LogP contribution in [0.15, 0.2) is 0 Å². The lowest BCUT2D eigenvalue weighted by molar-refractivity contribution is 0.132. The highest BCUT2D eigenvalue weighted by atomic mass is 16.5. The molecule has 0 heterocycles. The second-order valence-electron chi connectivity index (χ2n) is 2.30. The molecule has 3 heteroatoms. The van der Waals surface area contributed by atoms with E-state index in [-0.39, 0.29) is 0 Å². The van der Waals surface area contributed by atoms with Gasteiger partial charge in [-0.05, 0) is 19.4 Å². The van der Waals surface area contributed by atoms with E-state index < -0.39 is 0 Å². The van der Waals surface area contributed by atoms with Gasteiger partial charge in [0.25, 0.3) is 0 Å². The SMILES string of the molecule is CCCOCCCNCC#N. The third-order valence-electron chi connectivity index (χ3n) is 1.19. The maximum Gasteiger partial charge on any atom is 0.0840 e. The quantitative estimate of drug-likeness (QED) is 0.440. The smallest absolute Gasteiger partial charge is 0.0840 e. The first-order valence-corrected chi connectivity index (χ1v) is 4.07. The molecule has 1 N–H and O–H groups in total. The Morgan fingerprint density at radius 3 is 2.91 bits per heavy atom. The highest BCUT2D eigenvalue weighted by Gasteiger charge is 1.86. The summed E-state index contributed by atoms with van der Waals surface area (Å²) in [6.07, 6.45) is 2.06. The lowest BCUT2D eigenvalue weighted by atomic mass is 10.4. The lowest BCUT2D eigenvalue weighted by Crippen LogP contribution is -2.16. The van der Waals surface area contributed by atoms with Crippen LogP contribution < -0.4 is 5.32 Å². The molecule has 0 saturated carbocycles. The Balaban J connectivity index is 2.75. The van der Waals surface area contributed by atoms with Gasteiger partial charge in [-0.25, -0.2) is 0 Å². The minimum Gasteiger partial charge on any atom is -0.381 e. The van der Waals surface area contributed by atoms with Crippen LogP contribution in [0, 0.1) is 11.3 Å². The second-order valence-corrected chi connectivity index (χ2v) is 2.30. The van der Waals surface area contributed by atoms with Gasteiger partial charge in [-0.3, -0.25) is 0 Å². The van der Waals surface area contributed by atoms with Crippen LogP contribution in [0.5, 0.6) is 0 Å². The minimum absolute atomic E-state index is 0.438. The van der Waals surface area contributed by atoms with Gasteiger partial charge in [0.1, 0.15) is 0 Å². The summed E-state index contributed by atoms with van der Waals surface area (Å²) in [6, 6.07) is 2.02. The fourth-order valence-corrected chi connectivity index (χ4v) is 0.690. The largest absolute Gasteiger partial charge is 0.381 e. The van der Waals surface area contributed by atoms with E-state index in [1.165, 1.54) is 0 Å². The average molecular weight is 156 g/mol. The van der Waals surface area contributed by atoms with Crippen molar-refractivity contribution in [3.05, 3.63) is 0 Å². The molecule has 0 aromatic carbocycles. The van der Waals surface area contributed by atoms with Crippen molar-refractivity contribution in [2.24, 2.45) is 0 Å². The standard InChI is InChI=1S/C8H16N2O/c1-2-7-11-8-3-5-10-6-4-9/h10H,2-3,5-8H2,1H3. The minimum atomic E-state index is 0.438.